The average molecular weight is 254 g/mol. The minimum absolute atomic E-state index is 0.152. The van der Waals surface area contributed by atoms with Gasteiger partial charge in [-0.15, -0.1) is 0 Å². The van der Waals surface area contributed by atoms with Crippen molar-refractivity contribution in [3.8, 4) is 0 Å². The molecule has 0 aliphatic heterocycles. The van der Waals surface area contributed by atoms with E-state index in [1.54, 1.807) is 0 Å². The summed E-state index contributed by atoms with van der Waals surface area (Å²) in [6.45, 7) is 4.12. The van der Waals surface area contributed by atoms with E-state index in [1.165, 1.54) is 36.8 Å². The maximum absolute atomic E-state index is 12.8. The van der Waals surface area contributed by atoms with Crippen LogP contribution in [-0.2, 0) is 5.41 Å². The van der Waals surface area contributed by atoms with E-state index < -0.39 is 0 Å². The van der Waals surface area contributed by atoms with Gasteiger partial charge in [0.05, 0.1) is 0 Å². The molecule has 0 radical (unpaired) electrons. The number of carbonyl (C=O) groups is 1. The van der Waals surface area contributed by atoms with Crippen LogP contribution < -0.4 is 0 Å². The number of aryl methyl sites for hydroxylation is 1. The lowest BCUT2D eigenvalue weighted by atomic mass is 9.72. The minimum atomic E-state index is 0.152. The summed E-state index contributed by atoms with van der Waals surface area (Å²) in [6, 6.07) is 6.50. The third-order valence-electron chi connectivity index (χ3n) is 5.06. The molecule has 0 saturated heterocycles. The van der Waals surface area contributed by atoms with Crippen LogP contribution in [0.3, 0.4) is 0 Å². The van der Waals surface area contributed by atoms with Crippen LogP contribution in [0.25, 0.3) is 0 Å². The summed E-state index contributed by atoms with van der Waals surface area (Å²) < 4.78 is 0. The standard InChI is InChI=1S/C18H22O/c1-3-4-7-16-17(19)14-12-13(2)8-9-15(14)18(16)10-5-6-11-18/h3-4,8-9,12,16H,5-7,10-11H2,1-2H3/t16-/m1/s1. The fraction of sp³-hybridized carbons (Fsp3) is 0.500. The molecular weight excluding hydrogens is 232 g/mol. The summed E-state index contributed by atoms with van der Waals surface area (Å²) >= 11 is 0. The summed E-state index contributed by atoms with van der Waals surface area (Å²) in [6.07, 6.45) is 10.1. The van der Waals surface area contributed by atoms with Crippen molar-refractivity contribution in [3.05, 3.63) is 47.0 Å². The molecule has 0 N–H and O–H groups in total. The predicted octanol–water partition coefficient (Wildman–Crippen LogP) is 4.59. The van der Waals surface area contributed by atoms with Gasteiger partial charge >= 0.3 is 0 Å². The quantitative estimate of drug-likeness (QED) is 0.706. The summed E-state index contributed by atoms with van der Waals surface area (Å²) in [5.41, 5.74) is 3.71. The number of benzene rings is 1. The molecule has 1 aromatic carbocycles. The Morgan fingerprint density at radius 1 is 1.32 bits per heavy atom. The van der Waals surface area contributed by atoms with Crippen LogP contribution in [-0.4, -0.2) is 5.78 Å². The topological polar surface area (TPSA) is 17.1 Å². The van der Waals surface area contributed by atoms with Gasteiger partial charge in [0, 0.05) is 16.9 Å². The van der Waals surface area contributed by atoms with E-state index in [4.69, 9.17) is 0 Å². The number of hydrogen-bond donors (Lipinski definition) is 0. The highest BCUT2D eigenvalue weighted by Gasteiger charge is 2.52. The highest BCUT2D eigenvalue weighted by Crippen LogP contribution is 2.54. The van der Waals surface area contributed by atoms with Crippen LogP contribution in [0.15, 0.2) is 30.4 Å². The summed E-state index contributed by atoms with van der Waals surface area (Å²) in [7, 11) is 0. The fourth-order valence-electron chi connectivity index (χ4n) is 4.15. The molecular formula is C18H22O. The first-order valence-electron chi connectivity index (χ1n) is 7.45. The van der Waals surface area contributed by atoms with Crippen molar-refractivity contribution >= 4 is 5.78 Å². The van der Waals surface area contributed by atoms with Gasteiger partial charge < -0.3 is 0 Å². The molecule has 100 valence electrons. The predicted molar refractivity (Wildman–Crippen MR) is 78.6 cm³/mol. The van der Waals surface area contributed by atoms with Gasteiger partial charge in [-0.1, -0.05) is 42.7 Å². The van der Waals surface area contributed by atoms with E-state index >= 15 is 0 Å². The highest BCUT2D eigenvalue weighted by molar-refractivity contribution is 6.04. The van der Waals surface area contributed by atoms with E-state index in [9.17, 15) is 4.79 Å². The maximum atomic E-state index is 12.8. The van der Waals surface area contributed by atoms with Crippen molar-refractivity contribution in [1.29, 1.82) is 0 Å². The molecule has 1 heteroatoms. The van der Waals surface area contributed by atoms with E-state index in [0.717, 1.165) is 12.0 Å². The first-order valence-corrected chi connectivity index (χ1v) is 7.45. The molecule has 0 amide bonds. The molecule has 1 atom stereocenters. The molecule has 0 heterocycles. The van der Waals surface area contributed by atoms with Crippen LogP contribution >= 0.6 is 0 Å². The molecule has 1 saturated carbocycles. The molecule has 19 heavy (non-hydrogen) atoms. The Balaban J connectivity index is 2.11. The number of hydrogen-bond acceptors (Lipinski definition) is 1. The zero-order valence-corrected chi connectivity index (χ0v) is 11.9. The summed E-state index contributed by atoms with van der Waals surface area (Å²) in [5, 5.41) is 0. The van der Waals surface area contributed by atoms with Crippen LogP contribution in [0.4, 0.5) is 0 Å². The molecule has 1 nitrogen and oxygen atoms in total. The largest absolute Gasteiger partial charge is 0.294 e. The smallest absolute Gasteiger partial charge is 0.167 e. The number of ketones is 1. The molecule has 2 aliphatic rings. The van der Waals surface area contributed by atoms with E-state index in [-0.39, 0.29) is 11.3 Å². The number of carbonyl (C=O) groups excluding carboxylic acids is 1. The Hall–Kier alpha value is -1.37. The van der Waals surface area contributed by atoms with Gasteiger partial charge in [0.25, 0.3) is 0 Å². The van der Waals surface area contributed by atoms with Gasteiger partial charge in [-0.25, -0.2) is 0 Å². The number of fused-ring (bicyclic) bond motifs is 2. The number of allylic oxidation sites excluding steroid dienone is 2. The first-order chi connectivity index (χ1) is 9.19. The molecule has 3 rings (SSSR count). The normalized spacial score (nSPS) is 24.5. The molecule has 1 spiro atoms. The third kappa shape index (κ3) is 1.79. The number of Topliss-reactive ketones (excluding diaryl/α,β-unsaturated/α-hetero) is 1. The van der Waals surface area contributed by atoms with Crippen LogP contribution in [0.5, 0.6) is 0 Å². The molecule has 1 aromatic rings. The van der Waals surface area contributed by atoms with E-state index in [1.807, 2.05) is 6.92 Å². The van der Waals surface area contributed by atoms with Gasteiger partial charge in [0.15, 0.2) is 5.78 Å². The zero-order valence-electron chi connectivity index (χ0n) is 11.9. The second-order valence-electron chi connectivity index (χ2n) is 6.13. The zero-order chi connectivity index (χ0) is 13.5. The van der Waals surface area contributed by atoms with E-state index in [2.05, 4.69) is 37.3 Å². The van der Waals surface area contributed by atoms with Crippen molar-refractivity contribution in [2.75, 3.05) is 0 Å². The number of rotatable bonds is 2. The van der Waals surface area contributed by atoms with Crippen molar-refractivity contribution < 1.29 is 4.79 Å². The Morgan fingerprint density at radius 3 is 2.74 bits per heavy atom. The van der Waals surface area contributed by atoms with Gasteiger partial charge in [-0.2, -0.15) is 0 Å². The Bertz CT molecular complexity index is 533. The molecule has 0 aromatic heterocycles. The highest BCUT2D eigenvalue weighted by atomic mass is 16.1. The third-order valence-corrected chi connectivity index (χ3v) is 5.06. The van der Waals surface area contributed by atoms with Crippen LogP contribution in [0.2, 0.25) is 0 Å². The Labute approximate surface area is 115 Å². The lowest BCUT2D eigenvalue weighted by Crippen LogP contribution is -2.30. The first kappa shape index (κ1) is 12.7. The van der Waals surface area contributed by atoms with Crippen LogP contribution in [0, 0.1) is 12.8 Å². The van der Waals surface area contributed by atoms with Gasteiger partial charge in [-0.05, 0) is 44.7 Å². The maximum Gasteiger partial charge on any atom is 0.167 e. The lowest BCUT2D eigenvalue weighted by molar-refractivity contribution is 0.0885. The molecule has 2 aliphatic carbocycles. The Kier molecular flexibility index (Phi) is 3.08. The lowest BCUT2D eigenvalue weighted by Gasteiger charge is -2.30. The second-order valence-corrected chi connectivity index (χ2v) is 6.13. The molecule has 0 unspecified atom stereocenters. The van der Waals surface area contributed by atoms with Gasteiger partial charge in [-0.3, -0.25) is 4.79 Å². The molecule has 1 fully saturated rings. The summed E-state index contributed by atoms with van der Waals surface area (Å²) in [5.74, 6) is 0.571. The Morgan fingerprint density at radius 2 is 2.05 bits per heavy atom. The molecule has 0 bridgehead atoms. The van der Waals surface area contributed by atoms with Crippen molar-refractivity contribution in [3.63, 3.8) is 0 Å². The van der Waals surface area contributed by atoms with Crippen molar-refractivity contribution in [2.45, 2.75) is 51.4 Å². The second kappa shape index (κ2) is 4.63. The van der Waals surface area contributed by atoms with Gasteiger partial charge in [0.2, 0.25) is 0 Å². The fourth-order valence-corrected chi connectivity index (χ4v) is 4.15. The summed E-state index contributed by atoms with van der Waals surface area (Å²) in [4.78, 5) is 12.8. The van der Waals surface area contributed by atoms with E-state index in [0.29, 0.717) is 5.78 Å². The van der Waals surface area contributed by atoms with Crippen molar-refractivity contribution in [2.24, 2.45) is 5.92 Å². The van der Waals surface area contributed by atoms with Crippen molar-refractivity contribution in [1.82, 2.24) is 0 Å². The SMILES string of the molecule is CC=CC[C@@H]1C(=O)c2cc(C)ccc2C12CCCC2. The minimum Gasteiger partial charge on any atom is -0.294 e. The monoisotopic (exact) mass is 254 g/mol. The van der Waals surface area contributed by atoms with Gasteiger partial charge in [0.1, 0.15) is 0 Å². The average Bonchev–Trinajstić information content (AvgIpc) is 2.96. The van der Waals surface area contributed by atoms with Crippen LogP contribution in [0.1, 0.15) is 60.5 Å².